The fraction of sp³-hybridized carbons (Fsp3) is 0.227. The largest absolute Gasteiger partial charge is 0.361 e. The smallest absolute Gasteiger partial charge is 0.251 e. The average molecular weight is 375 g/mol. The molecule has 0 unspecified atom stereocenters. The second-order valence-electron chi connectivity index (χ2n) is 6.99. The Bertz CT molecular complexity index is 1050. The van der Waals surface area contributed by atoms with E-state index in [1.54, 1.807) is 24.3 Å². The number of hydrogen-bond acceptors (Lipinski definition) is 4. The van der Waals surface area contributed by atoms with Crippen LogP contribution in [0, 0.1) is 0 Å². The van der Waals surface area contributed by atoms with Crippen LogP contribution in [0.3, 0.4) is 0 Å². The molecule has 2 amide bonds. The molecule has 2 heterocycles. The summed E-state index contributed by atoms with van der Waals surface area (Å²) in [5.74, 6) is -0.535. The minimum Gasteiger partial charge on any atom is -0.361 e. The third kappa shape index (κ3) is 3.34. The number of aromatic amines is 1. The molecule has 1 atom stereocenters. The molecule has 0 bridgehead atoms. The maximum atomic E-state index is 12.7. The molecule has 0 radical (unpaired) electrons. The lowest BCUT2D eigenvalue weighted by Gasteiger charge is -2.16. The Kier molecular flexibility index (Phi) is 4.79. The van der Waals surface area contributed by atoms with Crippen molar-refractivity contribution in [2.24, 2.45) is 0 Å². The summed E-state index contributed by atoms with van der Waals surface area (Å²) < 4.78 is 0. The molecule has 1 aliphatic rings. The van der Waals surface area contributed by atoms with Crippen molar-refractivity contribution in [2.75, 3.05) is 11.4 Å². The Labute approximate surface area is 162 Å². The molecule has 28 heavy (non-hydrogen) atoms. The maximum absolute atomic E-state index is 12.7. The number of H-pyrrole nitrogens is 1. The molecule has 6 nitrogen and oxygen atoms in total. The predicted octanol–water partition coefficient (Wildman–Crippen LogP) is 2.83. The highest BCUT2D eigenvalue weighted by Gasteiger charge is 2.39. The van der Waals surface area contributed by atoms with Gasteiger partial charge in [-0.15, -0.1) is 0 Å². The van der Waals surface area contributed by atoms with Crippen molar-refractivity contribution in [3.05, 3.63) is 65.9 Å². The minimum absolute atomic E-state index is 0.0533. The Hall–Kier alpha value is -3.25. The molecule has 1 aromatic heterocycles. The molecule has 4 rings (SSSR count). The number of carbonyl (C=O) groups is 3. The van der Waals surface area contributed by atoms with Crippen molar-refractivity contribution < 1.29 is 14.4 Å². The third-order valence-corrected chi connectivity index (χ3v) is 5.14. The summed E-state index contributed by atoms with van der Waals surface area (Å²) in [6.07, 6.45) is 2.88. The summed E-state index contributed by atoms with van der Waals surface area (Å²) in [5.41, 5.74) is 3.32. The Morgan fingerprint density at radius 3 is 2.64 bits per heavy atom. The Balaban J connectivity index is 1.40. The number of ketones is 1. The van der Waals surface area contributed by atoms with Crippen LogP contribution in [0.25, 0.3) is 10.9 Å². The van der Waals surface area contributed by atoms with Crippen LogP contribution < -0.4 is 10.2 Å². The van der Waals surface area contributed by atoms with E-state index in [4.69, 9.17) is 0 Å². The first-order valence-corrected chi connectivity index (χ1v) is 9.31. The van der Waals surface area contributed by atoms with Gasteiger partial charge in [-0.1, -0.05) is 18.2 Å². The molecule has 0 aliphatic carbocycles. The average Bonchev–Trinajstić information content (AvgIpc) is 3.23. The summed E-state index contributed by atoms with van der Waals surface area (Å²) >= 11 is 0. The van der Waals surface area contributed by atoms with E-state index < -0.39 is 6.04 Å². The zero-order valence-corrected chi connectivity index (χ0v) is 15.6. The second-order valence-corrected chi connectivity index (χ2v) is 6.99. The number of nitrogens with zero attached hydrogens (tertiary/aromatic N) is 1. The fourth-order valence-electron chi connectivity index (χ4n) is 3.63. The number of benzene rings is 2. The SMILES string of the molecule is CC(=O)c1ccc(N2C(=O)C[C@H](NCCc3c[nH]c4ccccc34)C2=O)cc1. The van der Waals surface area contributed by atoms with Gasteiger partial charge in [0.15, 0.2) is 5.78 Å². The monoisotopic (exact) mass is 375 g/mol. The van der Waals surface area contributed by atoms with E-state index >= 15 is 0 Å². The molecular formula is C22H21N3O3. The van der Waals surface area contributed by atoms with Gasteiger partial charge in [0.1, 0.15) is 0 Å². The van der Waals surface area contributed by atoms with Crippen LogP contribution in [0.15, 0.2) is 54.7 Å². The first kappa shape index (κ1) is 18.1. The quantitative estimate of drug-likeness (QED) is 0.513. The molecule has 2 N–H and O–H groups in total. The van der Waals surface area contributed by atoms with Crippen molar-refractivity contribution in [1.29, 1.82) is 0 Å². The van der Waals surface area contributed by atoms with Gasteiger partial charge < -0.3 is 10.3 Å². The van der Waals surface area contributed by atoms with E-state index in [0.29, 0.717) is 17.8 Å². The van der Waals surface area contributed by atoms with E-state index in [1.165, 1.54) is 22.8 Å². The predicted molar refractivity (Wildman–Crippen MR) is 107 cm³/mol. The molecule has 6 heteroatoms. The van der Waals surface area contributed by atoms with E-state index in [9.17, 15) is 14.4 Å². The van der Waals surface area contributed by atoms with Crippen LogP contribution in [-0.2, 0) is 16.0 Å². The molecular weight excluding hydrogens is 354 g/mol. The first-order valence-electron chi connectivity index (χ1n) is 9.31. The molecule has 2 aromatic carbocycles. The van der Waals surface area contributed by atoms with Gasteiger partial charge in [-0.2, -0.15) is 0 Å². The highest BCUT2D eigenvalue weighted by atomic mass is 16.2. The molecule has 0 saturated carbocycles. The fourth-order valence-corrected chi connectivity index (χ4v) is 3.63. The summed E-state index contributed by atoms with van der Waals surface area (Å²) in [7, 11) is 0. The third-order valence-electron chi connectivity index (χ3n) is 5.14. The lowest BCUT2D eigenvalue weighted by atomic mass is 10.1. The summed E-state index contributed by atoms with van der Waals surface area (Å²) in [6.45, 7) is 2.08. The standard InChI is InChI=1S/C22H21N3O3/c1-14(26)15-6-8-17(9-7-15)25-21(27)12-20(22(25)28)23-11-10-16-13-24-19-5-3-2-4-18(16)19/h2-9,13,20,23-24H,10-12H2,1H3/t20-/m0/s1. The molecule has 1 saturated heterocycles. The van der Waals surface area contributed by atoms with Crippen LogP contribution >= 0.6 is 0 Å². The van der Waals surface area contributed by atoms with Gasteiger partial charge in [-0.3, -0.25) is 14.4 Å². The Morgan fingerprint density at radius 2 is 1.89 bits per heavy atom. The molecule has 3 aromatic rings. The number of amides is 2. The highest BCUT2D eigenvalue weighted by Crippen LogP contribution is 2.24. The van der Waals surface area contributed by atoms with E-state index in [-0.39, 0.29) is 24.0 Å². The number of rotatable bonds is 6. The van der Waals surface area contributed by atoms with Gasteiger partial charge >= 0.3 is 0 Å². The van der Waals surface area contributed by atoms with Gasteiger partial charge in [0.25, 0.3) is 5.91 Å². The lowest BCUT2D eigenvalue weighted by molar-refractivity contribution is -0.121. The maximum Gasteiger partial charge on any atom is 0.251 e. The van der Waals surface area contributed by atoms with Gasteiger partial charge in [0, 0.05) is 29.2 Å². The summed E-state index contributed by atoms with van der Waals surface area (Å²) in [6, 6.07) is 14.1. The van der Waals surface area contributed by atoms with Crippen LogP contribution in [0.1, 0.15) is 29.3 Å². The van der Waals surface area contributed by atoms with Gasteiger partial charge in [-0.05, 0) is 49.2 Å². The number of aromatic nitrogens is 1. The molecule has 1 aliphatic heterocycles. The van der Waals surface area contributed by atoms with Gasteiger partial charge in [0.2, 0.25) is 5.91 Å². The van der Waals surface area contributed by atoms with Crippen molar-refractivity contribution in [3.63, 3.8) is 0 Å². The summed E-state index contributed by atoms with van der Waals surface area (Å²) in [5, 5.41) is 4.39. The van der Waals surface area contributed by atoms with Crippen molar-refractivity contribution in [2.45, 2.75) is 25.8 Å². The van der Waals surface area contributed by atoms with Gasteiger partial charge in [-0.25, -0.2) is 4.90 Å². The minimum atomic E-state index is -0.523. The van der Waals surface area contributed by atoms with Crippen LogP contribution in [0.4, 0.5) is 5.69 Å². The number of Topliss-reactive ketones (excluding diaryl/α,β-unsaturated/α-hetero) is 1. The number of para-hydroxylation sites is 1. The van der Waals surface area contributed by atoms with Gasteiger partial charge in [0.05, 0.1) is 18.2 Å². The second kappa shape index (κ2) is 7.40. The lowest BCUT2D eigenvalue weighted by Crippen LogP contribution is -2.39. The van der Waals surface area contributed by atoms with E-state index in [2.05, 4.69) is 16.4 Å². The summed E-state index contributed by atoms with van der Waals surface area (Å²) in [4.78, 5) is 40.9. The molecule has 142 valence electrons. The zero-order valence-electron chi connectivity index (χ0n) is 15.6. The van der Waals surface area contributed by atoms with Crippen molar-refractivity contribution >= 4 is 34.2 Å². The van der Waals surface area contributed by atoms with Crippen molar-refractivity contribution in [1.82, 2.24) is 10.3 Å². The first-order chi connectivity index (χ1) is 13.5. The number of fused-ring (bicyclic) bond motifs is 1. The van der Waals surface area contributed by atoms with Crippen LogP contribution in [0.5, 0.6) is 0 Å². The van der Waals surface area contributed by atoms with E-state index in [1.807, 2.05) is 24.4 Å². The number of hydrogen-bond donors (Lipinski definition) is 2. The van der Waals surface area contributed by atoms with Crippen molar-refractivity contribution in [3.8, 4) is 0 Å². The van der Waals surface area contributed by atoms with Crippen LogP contribution in [-0.4, -0.2) is 35.2 Å². The molecule has 1 fully saturated rings. The van der Waals surface area contributed by atoms with Crippen LogP contribution in [0.2, 0.25) is 0 Å². The Morgan fingerprint density at radius 1 is 1.14 bits per heavy atom. The number of carbonyl (C=O) groups excluding carboxylic acids is 3. The number of imide groups is 1. The number of anilines is 1. The topological polar surface area (TPSA) is 82.3 Å². The van der Waals surface area contributed by atoms with E-state index in [0.717, 1.165) is 11.9 Å². The normalized spacial score (nSPS) is 16.9. The highest BCUT2D eigenvalue weighted by molar-refractivity contribution is 6.22. The molecule has 0 spiro atoms. The number of nitrogens with one attached hydrogen (secondary N) is 2. The zero-order chi connectivity index (χ0) is 19.7.